The Bertz CT molecular complexity index is 521. The number of rotatable bonds is 9. The van der Waals surface area contributed by atoms with Gasteiger partial charge in [0.15, 0.2) is 9.84 Å². The van der Waals surface area contributed by atoms with E-state index in [0.29, 0.717) is 17.7 Å². The Hall–Kier alpha value is -0.870. The summed E-state index contributed by atoms with van der Waals surface area (Å²) in [6.07, 6.45) is 4.23. The molecule has 1 N–H and O–H groups in total. The second-order valence-electron chi connectivity index (χ2n) is 6.35. The maximum Gasteiger partial charge on any atom is 0.152 e. The molecular weight excluding hydrogens is 282 g/mol. The molecule has 0 spiro atoms. The quantitative estimate of drug-likeness (QED) is 0.762. The lowest BCUT2D eigenvalue weighted by atomic mass is 9.94. The summed E-state index contributed by atoms with van der Waals surface area (Å²) < 4.78 is 23.8. The maximum absolute atomic E-state index is 11.9. The van der Waals surface area contributed by atoms with Crippen LogP contribution in [0.3, 0.4) is 0 Å². The molecule has 2 rings (SSSR count). The first kappa shape index (κ1) is 16.5. The lowest BCUT2D eigenvalue weighted by Crippen LogP contribution is -2.24. The molecule has 1 saturated carbocycles. The van der Waals surface area contributed by atoms with E-state index in [1.807, 2.05) is 6.07 Å². The highest BCUT2D eigenvalue weighted by Crippen LogP contribution is 2.24. The minimum atomic E-state index is -2.92. The van der Waals surface area contributed by atoms with Crippen molar-refractivity contribution >= 4 is 9.84 Å². The maximum atomic E-state index is 11.9. The molecule has 1 atom stereocenters. The van der Waals surface area contributed by atoms with Crippen molar-refractivity contribution < 1.29 is 8.42 Å². The van der Waals surface area contributed by atoms with Gasteiger partial charge in [-0.1, -0.05) is 30.3 Å². The molecule has 0 aliphatic heterocycles. The molecule has 0 saturated heterocycles. The minimum Gasteiger partial charge on any atom is -0.313 e. The van der Waals surface area contributed by atoms with E-state index in [0.717, 1.165) is 19.4 Å². The van der Waals surface area contributed by atoms with Crippen molar-refractivity contribution in [3.8, 4) is 0 Å². The molecule has 4 heteroatoms. The molecule has 0 bridgehead atoms. The van der Waals surface area contributed by atoms with Crippen LogP contribution in [0.15, 0.2) is 30.3 Å². The van der Waals surface area contributed by atoms with Crippen molar-refractivity contribution in [1.82, 2.24) is 5.32 Å². The Morgan fingerprint density at radius 2 is 1.86 bits per heavy atom. The molecule has 21 heavy (non-hydrogen) atoms. The Balaban J connectivity index is 1.89. The van der Waals surface area contributed by atoms with Gasteiger partial charge in [-0.2, -0.15) is 0 Å². The van der Waals surface area contributed by atoms with Crippen LogP contribution in [0.2, 0.25) is 0 Å². The number of nitrogens with one attached hydrogen (secondary N) is 1. The summed E-state index contributed by atoms with van der Waals surface area (Å²) in [6, 6.07) is 11.1. The molecular formula is C17H27NO2S. The van der Waals surface area contributed by atoms with Crippen LogP contribution in [-0.4, -0.2) is 32.0 Å². The van der Waals surface area contributed by atoms with Gasteiger partial charge in [0, 0.05) is 12.6 Å². The van der Waals surface area contributed by atoms with Crippen molar-refractivity contribution in [2.75, 3.05) is 12.3 Å². The van der Waals surface area contributed by atoms with E-state index in [4.69, 9.17) is 0 Å². The van der Waals surface area contributed by atoms with E-state index < -0.39 is 9.84 Å². The first-order chi connectivity index (χ1) is 9.99. The fourth-order valence-corrected chi connectivity index (χ4v) is 3.52. The van der Waals surface area contributed by atoms with Crippen molar-refractivity contribution in [2.24, 2.45) is 0 Å². The molecule has 0 radical (unpaired) electrons. The summed E-state index contributed by atoms with van der Waals surface area (Å²) in [6.45, 7) is 4.48. The van der Waals surface area contributed by atoms with Crippen molar-refractivity contribution in [2.45, 2.75) is 56.7 Å². The number of hydrogen-bond donors (Lipinski definition) is 1. The Labute approximate surface area is 129 Å². The van der Waals surface area contributed by atoms with Gasteiger partial charge in [-0.3, -0.25) is 0 Å². The van der Waals surface area contributed by atoms with Gasteiger partial charge in [-0.15, -0.1) is 0 Å². The highest BCUT2D eigenvalue weighted by molar-refractivity contribution is 7.91. The van der Waals surface area contributed by atoms with Gasteiger partial charge >= 0.3 is 0 Å². The lowest BCUT2D eigenvalue weighted by molar-refractivity contribution is 0.535. The highest BCUT2D eigenvalue weighted by atomic mass is 32.2. The standard InChI is InChI=1S/C17H27NO2S/c1-14(2)21(19,20)12-6-9-16(13-18-17-10-11-17)15-7-4-3-5-8-15/h3-5,7-8,14,16-18H,6,9-13H2,1-2H3. The van der Waals surface area contributed by atoms with Gasteiger partial charge < -0.3 is 5.32 Å². The lowest BCUT2D eigenvalue weighted by Gasteiger charge is -2.18. The fraction of sp³-hybridized carbons (Fsp3) is 0.647. The third-order valence-corrected chi connectivity index (χ3v) is 6.50. The van der Waals surface area contributed by atoms with Gasteiger partial charge in [0.1, 0.15) is 0 Å². The fourth-order valence-electron chi connectivity index (χ4n) is 2.47. The molecule has 118 valence electrons. The monoisotopic (exact) mass is 309 g/mol. The molecule has 0 aromatic heterocycles. The second kappa shape index (κ2) is 7.41. The van der Waals surface area contributed by atoms with Crippen molar-refractivity contribution in [3.63, 3.8) is 0 Å². The van der Waals surface area contributed by atoms with Crippen LogP contribution in [0.5, 0.6) is 0 Å². The zero-order valence-corrected chi connectivity index (χ0v) is 13.9. The number of hydrogen-bond acceptors (Lipinski definition) is 3. The van der Waals surface area contributed by atoms with E-state index in [9.17, 15) is 8.42 Å². The first-order valence-corrected chi connectivity index (χ1v) is 9.70. The predicted molar refractivity (Wildman–Crippen MR) is 88.4 cm³/mol. The van der Waals surface area contributed by atoms with Crippen LogP contribution in [0, 0.1) is 0 Å². The highest BCUT2D eigenvalue weighted by Gasteiger charge is 2.23. The zero-order valence-electron chi connectivity index (χ0n) is 13.1. The van der Waals surface area contributed by atoms with Crippen LogP contribution in [0.25, 0.3) is 0 Å². The average Bonchev–Trinajstić information content (AvgIpc) is 3.27. The average molecular weight is 309 g/mol. The Morgan fingerprint density at radius 3 is 2.43 bits per heavy atom. The molecule has 1 unspecified atom stereocenters. The number of benzene rings is 1. The molecule has 3 nitrogen and oxygen atoms in total. The number of sulfone groups is 1. The molecule has 1 aliphatic rings. The third kappa shape index (κ3) is 5.44. The zero-order chi connectivity index (χ0) is 15.3. The molecule has 1 aromatic rings. The summed E-state index contributed by atoms with van der Waals surface area (Å²) in [7, 11) is -2.92. The molecule has 1 aliphatic carbocycles. The van der Waals surface area contributed by atoms with E-state index in [1.54, 1.807) is 13.8 Å². The molecule has 0 heterocycles. The van der Waals surface area contributed by atoms with Crippen LogP contribution in [0.4, 0.5) is 0 Å². The summed E-state index contributed by atoms with van der Waals surface area (Å²) >= 11 is 0. The molecule has 0 amide bonds. The Kier molecular flexibility index (Phi) is 5.82. The van der Waals surface area contributed by atoms with Crippen molar-refractivity contribution in [1.29, 1.82) is 0 Å². The van der Waals surface area contributed by atoms with Gasteiger partial charge in [0.25, 0.3) is 0 Å². The van der Waals surface area contributed by atoms with Crippen LogP contribution < -0.4 is 5.32 Å². The van der Waals surface area contributed by atoms with E-state index in [1.165, 1.54) is 18.4 Å². The van der Waals surface area contributed by atoms with E-state index in [-0.39, 0.29) is 5.25 Å². The van der Waals surface area contributed by atoms with Gasteiger partial charge in [0.2, 0.25) is 0 Å². The molecule has 1 fully saturated rings. The van der Waals surface area contributed by atoms with Crippen molar-refractivity contribution in [3.05, 3.63) is 35.9 Å². The van der Waals surface area contributed by atoms with Gasteiger partial charge in [-0.05, 0) is 51.0 Å². The first-order valence-electron chi connectivity index (χ1n) is 7.99. The molecule has 1 aromatic carbocycles. The smallest absolute Gasteiger partial charge is 0.152 e. The second-order valence-corrected chi connectivity index (χ2v) is 9.02. The summed E-state index contributed by atoms with van der Waals surface area (Å²) in [4.78, 5) is 0. The van der Waals surface area contributed by atoms with Gasteiger partial charge in [0.05, 0.1) is 11.0 Å². The van der Waals surface area contributed by atoms with Crippen LogP contribution >= 0.6 is 0 Å². The summed E-state index contributed by atoms with van der Waals surface area (Å²) in [5.74, 6) is 0.714. The predicted octanol–water partition coefficient (Wildman–Crippen LogP) is 3.13. The van der Waals surface area contributed by atoms with E-state index >= 15 is 0 Å². The summed E-state index contributed by atoms with van der Waals surface area (Å²) in [5, 5.41) is 3.31. The van der Waals surface area contributed by atoms with Crippen LogP contribution in [0.1, 0.15) is 51.0 Å². The van der Waals surface area contributed by atoms with E-state index in [2.05, 4.69) is 29.6 Å². The third-order valence-electron chi connectivity index (χ3n) is 4.20. The Morgan fingerprint density at radius 1 is 1.19 bits per heavy atom. The normalized spacial score (nSPS) is 17.1. The topological polar surface area (TPSA) is 46.2 Å². The minimum absolute atomic E-state index is 0.266. The van der Waals surface area contributed by atoms with Crippen LogP contribution in [-0.2, 0) is 9.84 Å². The van der Waals surface area contributed by atoms with Gasteiger partial charge in [-0.25, -0.2) is 8.42 Å². The largest absolute Gasteiger partial charge is 0.313 e. The SMILES string of the molecule is CC(C)S(=O)(=O)CCCC(CNC1CC1)c1ccccc1. The summed E-state index contributed by atoms with van der Waals surface area (Å²) in [5.41, 5.74) is 1.31.